The van der Waals surface area contributed by atoms with Crippen molar-refractivity contribution in [1.29, 1.82) is 0 Å². The van der Waals surface area contributed by atoms with E-state index < -0.39 is 0 Å². The van der Waals surface area contributed by atoms with Gasteiger partial charge in [0.2, 0.25) is 5.91 Å². The lowest BCUT2D eigenvalue weighted by Crippen LogP contribution is -2.33. The SMILES string of the molecule is Cc1cccc(NC(=O)N2CC[C@]3(C[C@@H]3C(=O)Nc3cccnc3)C2)c1. The van der Waals surface area contributed by atoms with Gasteiger partial charge in [0.15, 0.2) is 0 Å². The topological polar surface area (TPSA) is 74.3 Å². The highest BCUT2D eigenvalue weighted by atomic mass is 16.2. The molecule has 6 heteroatoms. The fourth-order valence-corrected chi connectivity index (χ4v) is 3.83. The van der Waals surface area contributed by atoms with E-state index >= 15 is 0 Å². The monoisotopic (exact) mass is 350 g/mol. The lowest BCUT2D eigenvalue weighted by Gasteiger charge is -2.18. The second kappa shape index (κ2) is 6.44. The van der Waals surface area contributed by atoms with Gasteiger partial charge in [-0.15, -0.1) is 0 Å². The molecule has 2 fully saturated rings. The van der Waals surface area contributed by atoms with Crippen LogP contribution in [0.15, 0.2) is 48.8 Å². The molecule has 2 heterocycles. The Morgan fingerprint density at radius 2 is 2.04 bits per heavy atom. The number of carbonyl (C=O) groups excluding carboxylic acids is 2. The summed E-state index contributed by atoms with van der Waals surface area (Å²) in [5.41, 5.74) is 2.57. The Kier molecular flexibility index (Phi) is 4.11. The lowest BCUT2D eigenvalue weighted by molar-refractivity contribution is -0.118. The molecule has 1 aliphatic carbocycles. The van der Waals surface area contributed by atoms with Gasteiger partial charge in [-0.05, 0) is 49.6 Å². The van der Waals surface area contributed by atoms with Gasteiger partial charge in [-0.1, -0.05) is 12.1 Å². The average molecular weight is 350 g/mol. The van der Waals surface area contributed by atoms with E-state index in [1.165, 1.54) is 0 Å². The number of amides is 3. The zero-order valence-electron chi connectivity index (χ0n) is 14.7. The van der Waals surface area contributed by atoms with E-state index in [-0.39, 0.29) is 23.3 Å². The molecule has 1 saturated heterocycles. The highest BCUT2D eigenvalue weighted by molar-refractivity contribution is 5.95. The predicted molar refractivity (Wildman–Crippen MR) is 99.8 cm³/mol. The zero-order valence-corrected chi connectivity index (χ0v) is 14.7. The molecule has 2 aliphatic rings. The molecule has 2 N–H and O–H groups in total. The van der Waals surface area contributed by atoms with Crippen molar-refractivity contribution in [3.8, 4) is 0 Å². The Bertz CT molecular complexity index is 839. The highest BCUT2D eigenvalue weighted by Gasteiger charge is 2.61. The molecule has 1 aromatic carbocycles. The molecule has 134 valence electrons. The Labute approximate surface area is 152 Å². The van der Waals surface area contributed by atoms with Crippen LogP contribution in [0.2, 0.25) is 0 Å². The first-order chi connectivity index (χ1) is 12.6. The van der Waals surface area contributed by atoms with Gasteiger partial charge in [-0.3, -0.25) is 9.78 Å². The normalized spacial score (nSPS) is 23.7. The molecule has 3 amide bonds. The smallest absolute Gasteiger partial charge is 0.321 e. The fraction of sp³-hybridized carbons (Fsp3) is 0.350. The highest BCUT2D eigenvalue weighted by Crippen LogP contribution is 2.58. The van der Waals surface area contributed by atoms with Crippen LogP contribution in [0.4, 0.5) is 16.2 Å². The Morgan fingerprint density at radius 3 is 2.81 bits per heavy atom. The number of carbonyl (C=O) groups is 2. The molecular weight excluding hydrogens is 328 g/mol. The van der Waals surface area contributed by atoms with Crippen LogP contribution in [-0.2, 0) is 4.79 Å². The number of urea groups is 1. The number of likely N-dealkylation sites (tertiary alicyclic amines) is 1. The maximum atomic E-state index is 12.5. The quantitative estimate of drug-likeness (QED) is 0.892. The summed E-state index contributed by atoms with van der Waals surface area (Å²) in [4.78, 5) is 30.8. The van der Waals surface area contributed by atoms with Crippen molar-refractivity contribution in [2.24, 2.45) is 11.3 Å². The molecular formula is C20H22N4O2. The number of nitrogens with zero attached hydrogens (tertiary/aromatic N) is 2. The van der Waals surface area contributed by atoms with Crippen LogP contribution < -0.4 is 10.6 Å². The molecule has 2 atom stereocenters. The minimum absolute atomic E-state index is 0.0268. The van der Waals surface area contributed by atoms with Crippen LogP contribution in [0.5, 0.6) is 0 Å². The maximum Gasteiger partial charge on any atom is 0.321 e. The molecule has 0 unspecified atom stereocenters. The molecule has 6 nitrogen and oxygen atoms in total. The van der Waals surface area contributed by atoms with Crippen molar-refractivity contribution in [3.05, 3.63) is 54.4 Å². The second-order valence-corrected chi connectivity index (χ2v) is 7.32. The summed E-state index contributed by atoms with van der Waals surface area (Å²) in [5, 5.41) is 5.88. The van der Waals surface area contributed by atoms with Crippen LogP contribution in [0.25, 0.3) is 0 Å². The number of hydrogen-bond acceptors (Lipinski definition) is 3. The molecule has 1 saturated carbocycles. The number of aromatic nitrogens is 1. The molecule has 1 aromatic heterocycles. The van der Waals surface area contributed by atoms with E-state index in [0.29, 0.717) is 18.8 Å². The summed E-state index contributed by atoms with van der Waals surface area (Å²) >= 11 is 0. The van der Waals surface area contributed by atoms with E-state index in [1.54, 1.807) is 18.5 Å². The van der Waals surface area contributed by atoms with E-state index in [2.05, 4.69) is 15.6 Å². The van der Waals surface area contributed by atoms with Gasteiger partial charge >= 0.3 is 6.03 Å². The minimum Gasteiger partial charge on any atom is -0.324 e. The van der Waals surface area contributed by atoms with E-state index in [9.17, 15) is 9.59 Å². The van der Waals surface area contributed by atoms with Gasteiger partial charge in [0.05, 0.1) is 11.9 Å². The fourth-order valence-electron chi connectivity index (χ4n) is 3.83. The summed E-state index contributed by atoms with van der Waals surface area (Å²) in [5.74, 6) is -0.00146. The Balaban J connectivity index is 1.34. The minimum atomic E-state index is -0.0919. The third kappa shape index (κ3) is 3.27. The molecule has 1 spiro atoms. The largest absolute Gasteiger partial charge is 0.324 e. The maximum absolute atomic E-state index is 12.5. The lowest BCUT2D eigenvalue weighted by atomic mass is 10.0. The molecule has 1 aliphatic heterocycles. The first-order valence-corrected chi connectivity index (χ1v) is 8.89. The van der Waals surface area contributed by atoms with Gasteiger partial charge in [0.1, 0.15) is 0 Å². The zero-order chi connectivity index (χ0) is 18.1. The van der Waals surface area contributed by atoms with Crippen LogP contribution in [-0.4, -0.2) is 34.9 Å². The van der Waals surface area contributed by atoms with Crippen molar-refractivity contribution in [2.75, 3.05) is 23.7 Å². The molecule has 0 bridgehead atoms. The summed E-state index contributed by atoms with van der Waals surface area (Å²) < 4.78 is 0. The average Bonchev–Trinajstić information content (AvgIpc) is 3.16. The van der Waals surface area contributed by atoms with Gasteiger partial charge < -0.3 is 15.5 Å². The number of rotatable bonds is 3. The number of anilines is 2. The second-order valence-electron chi connectivity index (χ2n) is 7.32. The molecule has 2 aromatic rings. The Morgan fingerprint density at radius 1 is 1.19 bits per heavy atom. The van der Waals surface area contributed by atoms with Gasteiger partial charge in [0.25, 0.3) is 0 Å². The van der Waals surface area contributed by atoms with Crippen molar-refractivity contribution in [3.63, 3.8) is 0 Å². The van der Waals surface area contributed by atoms with Crippen LogP contribution in [0, 0.1) is 18.3 Å². The summed E-state index contributed by atoms with van der Waals surface area (Å²) in [6.45, 7) is 3.32. The molecule has 26 heavy (non-hydrogen) atoms. The van der Waals surface area contributed by atoms with Crippen molar-refractivity contribution in [1.82, 2.24) is 9.88 Å². The third-order valence-corrected chi connectivity index (χ3v) is 5.38. The van der Waals surface area contributed by atoms with Gasteiger partial charge in [-0.25, -0.2) is 4.79 Å². The van der Waals surface area contributed by atoms with E-state index in [0.717, 1.165) is 24.1 Å². The predicted octanol–water partition coefficient (Wildman–Crippen LogP) is 3.27. The van der Waals surface area contributed by atoms with Gasteiger partial charge in [-0.2, -0.15) is 0 Å². The molecule has 4 rings (SSSR count). The van der Waals surface area contributed by atoms with Gasteiger partial charge in [0, 0.05) is 36.3 Å². The van der Waals surface area contributed by atoms with E-state index in [4.69, 9.17) is 0 Å². The number of aryl methyl sites for hydroxylation is 1. The summed E-state index contributed by atoms with van der Waals surface area (Å²) in [6.07, 6.45) is 5.03. The number of pyridine rings is 1. The molecule has 0 radical (unpaired) electrons. The van der Waals surface area contributed by atoms with Crippen molar-refractivity contribution < 1.29 is 9.59 Å². The number of hydrogen-bond donors (Lipinski definition) is 2. The first-order valence-electron chi connectivity index (χ1n) is 8.89. The van der Waals surface area contributed by atoms with E-state index in [1.807, 2.05) is 42.2 Å². The van der Waals surface area contributed by atoms with Crippen molar-refractivity contribution >= 4 is 23.3 Å². The standard InChI is InChI=1S/C20H22N4O2/c1-14-4-2-5-15(10-14)23-19(26)24-9-7-20(13-24)11-17(20)18(25)22-16-6-3-8-21-12-16/h2-6,8,10,12,17H,7,9,11,13H2,1H3,(H,22,25)(H,23,26)/t17-,20+/m1/s1. The van der Waals surface area contributed by atoms with Crippen LogP contribution >= 0.6 is 0 Å². The number of benzene rings is 1. The van der Waals surface area contributed by atoms with Crippen LogP contribution in [0.1, 0.15) is 18.4 Å². The summed E-state index contributed by atoms with van der Waals surface area (Å²) in [6, 6.07) is 11.3. The third-order valence-electron chi connectivity index (χ3n) is 5.38. The summed E-state index contributed by atoms with van der Waals surface area (Å²) in [7, 11) is 0. The van der Waals surface area contributed by atoms with Crippen molar-refractivity contribution in [2.45, 2.75) is 19.8 Å². The first kappa shape index (κ1) is 16.6. The van der Waals surface area contributed by atoms with Crippen LogP contribution in [0.3, 0.4) is 0 Å². The number of nitrogens with one attached hydrogen (secondary N) is 2. The Hall–Kier alpha value is -2.89.